The van der Waals surface area contributed by atoms with Crippen molar-refractivity contribution in [1.82, 2.24) is 10.6 Å². The van der Waals surface area contributed by atoms with Crippen molar-refractivity contribution in [2.45, 2.75) is 38.6 Å². The molecule has 0 spiro atoms. The van der Waals surface area contributed by atoms with Gasteiger partial charge in [0, 0.05) is 6.54 Å². The van der Waals surface area contributed by atoms with Crippen molar-refractivity contribution in [1.29, 1.82) is 0 Å². The summed E-state index contributed by atoms with van der Waals surface area (Å²) in [6.45, 7) is 5.01. The van der Waals surface area contributed by atoms with Crippen LogP contribution in [0.5, 0.6) is 5.75 Å². The number of urea groups is 1. The van der Waals surface area contributed by atoms with E-state index in [0.717, 1.165) is 25.0 Å². The van der Waals surface area contributed by atoms with Gasteiger partial charge in [0.15, 0.2) is 0 Å². The van der Waals surface area contributed by atoms with Crippen LogP contribution < -0.4 is 15.4 Å². The molecular formula is C17H26N2O3. The van der Waals surface area contributed by atoms with Gasteiger partial charge < -0.3 is 20.5 Å². The van der Waals surface area contributed by atoms with E-state index in [4.69, 9.17) is 4.74 Å². The number of aryl methyl sites for hydroxylation is 1. The molecule has 0 saturated heterocycles. The predicted octanol–water partition coefficient (Wildman–Crippen LogP) is 2.22. The second kappa shape index (κ2) is 7.49. The Hall–Kier alpha value is -1.75. The average Bonchev–Trinajstić information content (AvgIpc) is 3.34. The van der Waals surface area contributed by atoms with Crippen LogP contribution in [0.2, 0.25) is 0 Å². The zero-order valence-corrected chi connectivity index (χ0v) is 13.4. The third kappa shape index (κ3) is 4.91. The zero-order valence-electron chi connectivity index (χ0n) is 13.4. The zero-order chi connectivity index (χ0) is 16.0. The average molecular weight is 306 g/mol. The molecule has 5 heteroatoms. The van der Waals surface area contributed by atoms with Crippen LogP contribution in [-0.2, 0) is 0 Å². The van der Waals surface area contributed by atoms with Crippen LogP contribution >= 0.6 is 0 Å². The number of hydrogen-bond donors (Lipinski definition) is 3. The number of carbonyl (C=O) groups is 1. The molecule has 1 saturated carbocycles. The summed E-state index contributed by atoms with van der Waals surface area (Å²) in [7, 11) is 0. The number of benzene rings is 1. The highest BCUT2D eigenvalue weighted by molar-refractivity contribution is 5.74. The van der Waals surface area contributed by atoms with E-state index in [0.29, 0.717) is 19.1 Å². The van der Waals surface area contributed by atoms with Crippen LogP contribution in [0.25, 0.3) is 0 Å². The number of aliphatic hydroxyl groups is 1. The highest BCUT2D eigenvalue weighted by Crippen LogP contribution is 2.39. The number of aliphatic hydroxyl groups excluding tert-OH is 1. The van der Waals surface area contributed by atoms with E-state index in [1.807, 2.05) is 38.1 Å². The highest BCUT2D eigenvalue weighted by atomic mass is 16.5. The van der Waals surface area contributed by atoms with E-state index in [9.17, 15) is 9.90 Å². The van der Waals surface area contributed by atoms with Gasteiger partial charge in [0.05, 0.1) is 18.8 Å². The van der Waals surface area contributed by atoms with Crippen LogP contribution in [0.15, 0.2) is 24.3 Å². The molecule has 1 aromatic rings. The van der Waals surface area contributed by atoms with Crippen molar-refractivity contribution in [2.75, 3.05) is 19.8 Å². The minimum Gasteiger partial charge on any atom is -0.494 e. The maximum atomic E-state index is 11.8. The van der Waals surface area contributed by atoms with E-state index >= 15 is 0 Å². The van der Waals surface area contributed by atoms with Crippen molar-refractivity contribution in [2.24, 2.45) is 5.92 Å². The molecule has 0 aromatic heterocycles. The van der Waals surface area contributed by atoms with Crippen molar-refractivity contribution < 1.29 is 14.6 Å². The molecule has 22 heavy (non-hydrogen) atoms. The first-order chi connectivity index (χ1) is 10.5. The molecule has 1 unspecified atom stereocenters. The Morgan fingerprint density at radius 3 is 2.64 bits per heavy atom. The molecule has 0 radical (unpaired) electrons. The number of hydrogen-bond acceptors (Lipinski definition) is 3. The largest absolute Gasteiger partial charge is 0.494 e. The summed E-state index contributed by atoms with van der Waals surface area (Å²) in [5.41, 5.74) is 0.705. The van der Waals surface area contributed by atoms with Crippen LogP contribution in [-0.4, -0.2) is 36.4 Å². The Morgan fingerprint density at radius 1 is 1.36 bits per heavy atom. The maximum Gasteiger partial charge on any atom is 0.315 e. The molecule has 2 rings (SSSR count). The molecular weight excluding hydrogens is 280 g/mol. The molecule has 5 nitrogen and oxygen atoms in total. The van der Waals surface area contributed by atoms with Crippen molar-refractivity contribution in [3.63, 3.8) is 0 Å². The number of amides is 2. The Morgan fingerprint density at radius 2 is 2.05 bits per heavy atom. The third-order valence-electron chi connectivity index (χ3n) is 4.10. The Bertz CT molecular complexity index is 485. The molecule has 1 aliphatic carbocycles. The van der Waals surface area contributed by atoms with Gasteiger partial charge in [0.25, 0.3) is 0 Å². The van der Waals surface area contributed by atoms with E-state index in [2.05, 4.69) is 10.6 Å². The van der Waals surface area contributed by atoms with Crippen LogP contribution in [0.1, 0.15) is 31.7 Å². The monoisotopic (exact) mass is 306 g/mol. The molecule has 1 aromatic carbocycles. The first kappa shape index (κ1) is 16.6. The molecule has 122 valence electrons. The summed E-state index contributed by atoms with van der Waals surface area (Å²) in [4.78, 5) is 11.8. The fraction of sp³-hybridized carbons (Fsp3) is 0.588. The molecule has 2 amide bonds. The topological polar surface area (TPSA) is 70.6 Å². The molecule has 0 heterocycles. The van der Waals surface area contributed by atoms with Gasteiger partial charge in [-0.2, -0.15) is 0 Å². The van der Waals surface area contributed by atoms with Crippen molar-refractivity contribution in [3.05, 3.63) is 29.8 Å². The molecule has 0 aliphatic heterocycles. The number of carbonyl (C=O) groups excluding carboxylic acids is 1. The summed E-state index contributed by atoms with van der Waals surface area (Å²) in [5.74, 6) is 1.24. The predicted molar refractivity (Wildman–Crippen MR) is 86.0 cm³/mol. The van der Waals surface area contributed by atoms with Gasteiger partial charge in [-0.05, 0) is 51.2 Å². The Balaban J connectivity index is 1.60. The number of rotatable bonds is 8. The first-order valence-corrected chi connectivity index (χ1v) is 7.90. The quantitative estimate of drug-likeness (QED) is 0.645. The lowest BCUT2D eigenvalue weighted by Crippen LogP contribution is -2.54. The highest BCUT2D eigenvalue weighted by Gasteiger charge is 2.42. The van der Waals surface area contributed by atoms with E-state index in [1.54, 1.807) is 0 Å². The maximum absolute atomic E-state index is 11.8. The Labute approximate surface area is 132 Å². The number of nitrogens with one attached hydrogen (secondary N) is 2. The fourth-order valence-electron chi connectivity index (χ4n) is 2.39. The van der Waals surface area contributed by atoms with Crippen LogP contribution in [0.4, 0.5) is 4.79 Å². The van der Waals surface area contributed by atoms with Gasteiger partial charge in [-0.25, -0.2) is 4.79 Å². The lowest BCUT2D eigenvalue weighted by molar-refractivity contribution is 0.155. The lowest BCUT2D eigenvalue weighted by atomic mass is 9.97. The van der Waals surface area contributed by atoms with Crippen LogP contribution in [0, 0.1) is 12.8 Å². The van der Waals surface area contributed by atoms with Crippen molar-refractivity contribution in [3.8, 4) is 5.75 Å². The van der Waals surface area contributed by atoms with E-state index < -0.39 is 5.54 Å². The van der Waals surface area contributed by atoms with Crippen molar-refractivity contribution >= 4 is 6.03 Å². The normalized spacial score (nSPS) is 16.7. The Kier molecular flexibility index (Phi) is 5.66. The first-order valence-electron chi connectivity index (χ1n) is 7.90. The second-order valence-electron chi connectivity index (χ2n) is 6.25. The third-order valence-corrected chi connectivity index (χ3v) is 4.10. The summed E-state index contributed by atoms with van der Waals surface area (Å²) < 4.78 is 5.60. The van der Waals surface area contributed by atoms with Gasteiger partial charge in [0.2, 0.25) is 0 Å². The minimum absolute atomic E-state index is 0.0262. The standard InChI is InChI=1S/C17H26N2O3/c1-13-4-8-15(9-5-13)22-11-3-10-18-16(21)19-17(2,12-20)14-6-7-14/h4-5,8-9,14,20H,3,6-7,10-12H2,1-2H3,(H2,18,19,21). The van der Waals surface area contributed by atoms with Gasteiger partial charge in [0.1, 0.15) is 5.75 Å². The number of ether oxygens (including phenoxy) is 1. The molecule has 1 aliphatic rings. The summed E-state index contributed by atoms with van der Waals surface area (Å²) >= 11 is 0. The molecule has 1 atom stereocenters. The molecule has 1 fully saturated rings. The minimum atomic E-state index is -0.498. The summed E-state index contributed by atoms with van der Waals surface area (Å²) in [5, 5.41) is 15.1. The van der Waals surface area contributed by atoms with Crippen LogP contribution in [0.3, 0.4) is 0 Å². The summed E-state index contributed by atoms with van der Waals surface area (Å²) in [6, 6.07) is 7.68. The molecule has 0 bridgehead atoms. The summed E-state index contributed by atoms with van der Waals surface area (Å²) in [6.07, 6.45) is 2.88. The fourth-order valence-corrected chi connectivity index (χ4v) is 2.39. The van der Waals surface area contributed by atoms with Gasteiger partial charge in [-0.1, -0.05) is 17.7 Å². The molecule has 3 N–H and O–H groups in total. The second-order valence-corrected chi connectivity index (χ2v) is 6.25. The SMILES string of the molecule is Cc1ccc(OCCCNC(=O)NC(C)(CO)C2CC2)cc1. The van der Waals surface area contributed by atoms with Gasteiger partial charge >= 0.3 is 6.03 Å². The van der Waals surface area contributed by atoms with Gasteiger partial charge in [-0.15, -0.1) is 0 Å². The lowest BCUT2D eigenvalue weighted by Gasteiger charge is -2.28. The van der Waals surface area contributed by atoms with E-state index in [1.165, 1.54) is 5.56 Å². The van der Waals surface area contributed by atoms with E-state index in [-0.39, 0.29) is 12.6 Å². The van der Waals surface area contributed by atoms with Gasteiger partial charge in [-0.3, -0.25) is 0 Å². The smallest absolute Gasteiger partial charge is 0.315 e.